The van der Waals surface area contributed by atoms with E-state index in [0.29, 0.717) is 12.8 Å². The van der Waals surface area contributed by atoms with E-state index in [-0.39, 0.29) is 12.5 Å². The van der Waals surface area contributed by atoms with Crippen LogP contribution in [-0.4, -0.2) is 87.5 Å². The van der Waals surface area contributed by atoms with Gasteiger partial charge in [-0.05, 0) is 38.5 Å². The lowest BCUT2D eigenvalue weighted by Crippen LogP contribution is -2.60. The van der Waals surface area contributed by atoms with Crippen LogP contribution in [0.2, 0.25) is 0 Å². The number of hydrogen-bond donors (Lipinski definition) is 6. The minimum atomic E-state index is -1.57. The Hall–Kier alpha value is -1.33. The molecule has 50 heavy (non-hydrogen) atoms. The maximum atomic E-state index is 12.8. The SMILES string of the molecule is CCCCCC/C=C\CCCC(=O)NC(COC1OC(CO)C(O)C(O)C1O)C(O)/C=C/CCCCCCCCCCCCCCCCCC. The van der Waals surface area contributed by atoms with Crippen molar-refractivity contribution in [1.29, 1.82) is 0 Å². The molecule has 0 aromatic rings. The maximum absolute atomic E-state index is 12.8. The fraction of sp³-hybridized carbons (Fsp3) is 0.878. The highest BCUT2D eigenvalue weighted by atomic mass is 16.7. The summed E-state index contributed by atoms with van der Waals surface area (Å²) >= 11 is 0. The summed E-state index contributed by atoms with van der Waals surface area (Å²) in [5, 5.41) is 53.9. The van der Waals surface area contributed by atoms with Gasteiger partial charge in [0.05, 0.1) is 25.4 Å². The molecule has 1 amide bonds. The smallest absolute Gasteiger partial charge is 0.220 e. The summed E-state index contributed by atoms with van der Waals surface area (Å²) in [6.45, 7) is 3.70. The molecule has 294 valence electrons. The highest BCUT2D eigenvalue weighted by molar-refractivity contribution is 5.76. The van der Waals surface area contributed by atoms with Crippen LogP contribution in [0.5, 0.6) is 0 Å². The fourth-order valence-corrected chi connectivity index (χ4v) is 6.39. The molecule has 0 bridgehead atoms. The molecule has 7 atom stereocenters. The molecule has 6 N–H and O–H groups in total. The van der Waals surface area contributed by atoms with Gasteiger partial charge >= 0.3 is 0 Å². The van der Waals surface area contributed by atoms with Crippen molar-refractivity contribution < 1.29 is 39.8 Å². The van der Waals surface area contributed by atoms with Crippen LogP contribution in [0.15, 0.2) is 24.3 Å². The van der Waals surface area contributed by atoms with Gasteiger partial charge in [0.1, 0.15) is 24.4 Å². The van der Waals surface area contributed by atoms with Gasteiger partial charge < -0.3 is 40.3 Å². The van der Waals surface area contributed by atoms with Crippen molar-refractivity contribution >= 4 is 5.91 Å². The van der Waals surface area contributed by atoms with E-state index in [1.165, 1.54) is 116 Å². The number of allylic oxidation sites excluding steroid dienone is 3. The third-order valence-corrected chi connectivity index (χ3v) is 9.77. The molecule has 1 aliphatic heterocycles. The van der Waals surface area contributed by atoms with Gasteiger partial charge in [-0.2, -0.15) is 0 Å². The number of carbonyl (C=O) groups excluding carboxylic acids is 1. The van der Waals surface area contributed by atoms with Crippen LogP contribution >= 0.6 is 0 Å². The fourth-order valence-electron chi connectivity index (χ4n) is 6.39. The molecule has 1 fully saturated rings. The normalized spacial score (nSPS) is 22.4. The standard InChI is InChI=1S/C41H77NO8/c1-3-5-7-9-11-13-14-15-16-17-18-19-20-21-23-24-26-28-30-35(44)34(33-49-41-40(48)39(47)38(46)36(32-43)50-41)42-37(45)31-29-27-25-22-12-10-8-6-4-2/h22,25,28,30,34-36,38-41,43-44,46-48H,3-21,23-24,26-27,29,31-33H2,1-2H3,(H,42,45)/b25-22-,30-28+. The molecule has 0 aromatic carbocycles. The number of hydrogen-bond acceptors (Lipinski definition) is 8. The Morgan fingerprint density at radius 1 is 0.660 bits per heavy atom. The van der Waals surface area contributed by atoms with Crippen molar-refractivity contribution in [2.24, 2.45) is 0 Å². The van der Waals surface area contributed by atoms with E-state index in [9.17, 15) is 30.3 Å². The van der Waals surface area contributed by atoms with E-state index >= 15 is 0 Å². The summed E-state index contributed by atoms with van der Waals surface area (Å²) in [5.41, 5.74) is 0. The van der Waals surface area contributed by atoms with Gasteiger partial charge in [-0.15, -0.1) is 0 Å². The molecule has 7 unspecified atom stereocenters. The molecule has 0 radical (unpaired) electrons. The van der Waals surface area contributed by atoms with Gasteiger partial charge in [0, 0.05) is 6.42 Å². The molecule has 0 aromatic heterocycles. The molecule has 1 aliphatic rings. The first-order chi connectivity index (χ1) is 24.3. The van der Waals surface area contributed by atoms with Crippen molar-refractivity contribution in [2.45, 2.75) is 217 Å². The quantitative estimate of drug-likeness (QED) is 0.0302. The zero-order valence-corrected chi connectivity index (χ0v) is 31.9. The van der Waals surface area contributed by atoms with Crippen LogP contribution in [0, 0.1) is 0 Å². The first-order valence-electron chi connectivity index (χ1n) is 20.6. The van der Waals surface area contributed by atoms with Gasteiger partial charge in [-0.1, -0.05) is 154 Å². The minimum Gasteiger partial charge on any atom is -0.394 e. The summed E-state index contributed by atoms with van der Waals surface area (Å²) in [4.78, 5) is 12.8. The number of aliphatic hydroxyl groups excluding tert-OH is 5. The zero-order valence-electron chi connectivity index (χ0n) is 31.9. The lowest BCUT2D eigenvalue weighted by Gasteiger charge is -2.40. The highest BCUT2D eigenvalue weighted by Gasteiger charge is 2.44. The number of ether oxygens (including phenoxy) is 2. The topological polar surface area (TPSA) is 149 Å². The van der Waals surface area contributed by atoms with Crippen LogP contribution < -0.4 is 5.32 Å². The predicted octanol–water partition coefficient (Wildman–Crippen LogP) is 7.55. The Labute approximate surface area is 305 Å². The Bertz CT molecular complexity index is 837. The van der Waals surface area contributed by atoms with Gasteiger partial charge in [0.25, 0.3) is 0 Å². The molecular weight excluding hydrogens is 634 g/mol. The molecule has 0 aliphatic carbocycles. The number of aliphatic hydroxyl groups is 5. The second kappa shape index (κ2) is 32.3. The number of carbonyl (C=O) groups is 1. The average molecular weight is 712 g/mol. The van der Waals surface area contributed by atoms with Crippen LogP contribution in [0.4, 0.5) is 0 Å². The van der Waals surface area contributed by atoms with Gasteiger partial charge in [0.2, 0.25) is 5.91 Å². The predicted molar refractivity (Wildman–Crippen MR) is 203 cm³/mol. The third kappa shape index (κ3) is 23.3. The molecule has 1 rings (SSSR count). The van der Waals surface area contributed by atoms with E-state index < -0.39 is 49.5 Å². The van der Waals surface area contributed by atoms with Crippen LogP contribution in [-0.2, 0) is 14.3 Å². The Morgan fingerprint density at radius 2 is 1.12 bits per heavy atom. The molecule has 1 heterocycles. The molecule has 0 spiro atoms. The van der Waals surface area contributed by atoms with Gasteiger partial charge in [-0.25, -0.2) is 0 Å². The first kappa shape index (κ1) is 46.7. The van der Waals surface area contributed by atoms with Crippen LogP contribution in [0.1, 0.15) is 174 Å². The average Bonchev–Trinajstić information content (AvgIpc) is 3.11. The van der Waals surface area contributed by atoms with Crippen molar-refractivity contribution in [1.82, 2.24) is 5.32 Å². The summed E-state index contributed by atoms with van der Waals surface area (Å²) < 4.78 is 11.1. The lowest BCUT2D eigenvalue weighted by molar-refractivity contribution is -0.302. The van der Waals surface area contributed by atoms with E-state index in [0.717, 1.165) is 32.1 Å². The van der Waals surface area contributed by atoms with Crippen LogP contribution in [0.25, 0.3) is 0 Å². The monoisotopic (exact) mass is 712 g/mol. The molecular formula is C41H77NO8. The summed E-state index contributed by atoms with van der Waals surface area (Å²) in [7, 11) is 0. The summed E-state index contributed by atoms with van der Waals surface area (Å²) in [6.07, 6.45) is 29.5. The maximum Gasteiger partial charge on any atom is 0.220 e. The molecule has 1 saturated heterocycles. The Kier molecular flexibility index (Phi) is 30.2. The molecule has 0 saturated carbocycles. The number of unbranched alkanes of at least 4 members (excludes halogenated alkanes) is 21. The van der Waals surface area contributed by atoms with E-state index in [4.69, 9.17) is 9.47 Å². The number of amides is 1. The van der Waals surface area contributed by atoms with E-state index in [2.05, 4.69) is 31.3 Å². The third-order valence-electron chi connectivity index (χ3n) is 9.77. The highest BCUT2D eigenvalue weighted by Crippen LogP contribution is 2.22. The van der Waals surface area contributed by atoms with Crippen molar-refractivity contribution in [3.8, 4) is 0 Å². The van der Waals surface area contributed by atoms with Crippen molar-refractivity contribution in [3.05, 3.63) is 24.3 Å². The second-order valence-corrected chi connectivity index (χ2v) is 14.4. The van der Waals surface area contributed by atoms with E-state index in [1.807, 2.05) is 6.08 Å². The number of rotatable bonds is 33. The Morgan fingerprint density at radius 3 is 1.64 bits per heavy atom. The Balaban J connectivity index is 2.39. The summed E-state index contributed by atoms with van der Waals surface area (Å²) in [6, 6.07) is -0.814. The van der Waals surface area contributed by atoms with Gasteiger partial charge in [-0.3, -0.25) is 4.79 Å². The van der Waals surface area contributed by atoms with Gasteiger partial charge in [0.15, 0.2) is 6.29 Å². The van der Waals surface area contributed by atoms with Crippen molar-refractivity contribution in [2.75, 3.05) is 13.2 Å². The molecule has 9 nitrogen and oxygen atoms in total. The van der Waals surface area contributed by atoms with Crippen LogP contribution in [0.3, 0.4) is 0 Å². The largest absolute Gasteiger partial charge is 0.394 e. The number of nitrogens with one attached hydrogen (secondary N) is 1. The molecule has 9 heteroatoms. The minimum absolute atomic E-state index is 0.198. The van der Waals surface area contributed by atoms with E-state index in [1.54, 1.807) is 6.08 Å². The first-order valence-corrected chi connectivity index (χ1v) is 20.6. The second-order valence-electron chi connectivity index (χ2n) is 14.4. The zero-order chi connectivity index (χ0) is 36.7. The lowest BCUT2D eigenvalue weighted by atomic mass is 9.99. The van der Waals surface area contributed by atoms with Crippen molar-refractivity contribution in [3.63, 3.8) is 0 Å². The summed E-state index contributed by atoms with van der Waals surface area (Å²) in [5.74, 6) is -0.214.